The lowest BCUT2D eigenvalue weighted by Gasteiger charge is -2.01. The molecule has 1 aromatic rings. The summed E-state index contributed by atoms with van der Waals surface area (Å²) in [7, 11) is 0. The Labute approximate surface area is 78.6 Å². The minimum Gasteiger partial charge on any atom is -0.0840 e. The summed E-state index contributed by atoms with van der Waals surface area (Å²) in [5.41, 5.74) is 1.35. The lowest BCUT2D eigenvalue weighted by atomic mass is 10.1. The van der Waals surface area contributed by atoms with Gasteiger partial charge in [-0.1, -0.05) is 43.1 Å². The highest BCUT2D eigenvalue weighted by Crippen LogP contribution is 2.51. The van der Waals surface area contributed by atoms with E-state index >= 15 is 0 Å². The van der Waals surface area contributed by atoms with E-state index < -0.39 is 0 Å². The van der Waals surface area contributed by atoms with Gasteiger partial charge in [-0.2, -0.15) is 0 Å². The maximum absolute atomic E-state index is 6.08. The van der Waals surface area contributed by atoms with Crippen molar-refractivity contribution in [1.29, 1.82) is 0 Å². The first-order valence-corrected chi connectivity index (χ1v) is 4.95. The van der Waals surface area contributed by atoms with Gasteiger partial charge in [0, 0.05) is 5.02 Å². The summed E-state index contributed by atoms with van der Waals surface area (Å²) >= 11 is 6.08. The van der Waals surface area contributed by atoms with Gasteiger partial charge in [0.15, 0.2) is 0 Å². The second-order valence-corrected chi connectivity index (χ2v) is 3.94. The SMILES string of the molecule is CC[C@H]1C[C@@H]1c1ccccc1Cl. The number of hydrogen-bond acceptors (Lipinski definition) is 0. The van der Waals surface area contributed by atoms with Crippen LogP contribution in [0, 0.1) is 5.92 Å². The van der Waals surface area contributed by atoms with Crippen LogP contribution in [0.2, 0.25) is 5.02 Å². The highest BCUT2D eigenvalue weighted by atomic mass is 35.5. The van der Waals surface area contributed by atoms with Crippen LogP contribution in [-0.4, -0.2) is 0 Å². The zero-order valence-electron chi connectivity index (χ0n) is 7.26. The molecule has 1 heteroatoms. The van der Waals surface area contributed by atoms with Crippen molar-refractivity contribution in [2.45, 2.75) is 25.7 Å². The molecule has 1 aliphatic rings. The van der Waals surface area contributed by atoms with E-state index in [-0.39, 0.29) is 0 Å². The van der Waals surface area contributed by atoms with Gasteiger partial charge in [-0.05, 0) is 29.9 Å². The predicted octanol–water partition coefficient (Wildman–Crippen LogP) is 3.85. The molecule has 2 rings (SSSR count). The van der Waals surface area contributed by atoms with E-state index in [1.165, 1.54) is 18.4 Å². The van der Waals surface area contributed by atoms with Crippen molar-refractivity contribution in [3.63, 3.8) is 0 Å². The normalized spacial score (nSPS) is 27.2. The topological polar surface area (TPSA) is 0 Å². The van der Waals surface area contributed by atoms with Crippen molar-refractivity contribution in [1.82, 2.24) is 0 Å². The minimum absolute atomic E-state index is 0.753. The predicted molar refractivity (Wildman–Crippen MR) is 52.6 cm³/mol. The van der Waals surface area contributed by atoms with Crippen LogP contribution in [0.15, 0.2) is 24.3 Å². The fraction of sp³-hybridized carbons (Fsp3) is 0.455. The van der Waals surface area contributed by atoms with Gasteiger partial charge < -0.3 is 0 Å². The number of hydrogen-bond donors (Lipinski definition) is 0. The van der Waals surface area contributed by atoms with Gasteiger partial charge in [0.2, 0.25) is 0 Å². The van der Waals surface area contributed by atoms with E-state index in [0.717, 1.165) is 16.9 Å². The Balaban J connectivity index is 2.19. The van der Waals surface area contributed by atoms with Crippen LogP contribution in [0.25, 0.3) is 0 Å². The largest absolute Gasteiger partial charge is 0.0840 e. The second-order valence-electron chi connectivity index (χ2n) is 3.53. The van der Waals surface area contributed by atoms with E-state index in [1.807, 2.05) is 12.1 Å². The molecule has 0 radical (unpaired) electrons. The molecule has 64 valence electrons. The molecule has 1 saturated carbocycles. The van der Waals surface area contributed by atoms with Crippen LogP contribution in [0.1, 0.15) is 31.2 Å². The van der Waals surface area contributed by atoms with Gasteiger partial charge in [-0.15, -0.1) is 0 Å². The first-order valence-electron chi connectivity index (χ1n) is 4.57. The van der Waals surface area contributed by atoms with Gasteiger partial charge in [-0.25, -0.2) is 0 Å². The van der Waals surface area contributed by atoms with Crippen LogP contribution >= 0.6 is 11.6 Å². The third-order valence-corrected chi connectivity index (χ3v) is 3.10. The minimum atomic E-state index is 0.753. The molecule has 0 N–H and O–H groups in total. The number of rotatable bonds is 2. The molecule has 1 aliphatic carbocycles. The molecule has 0 spiro atoms. The fourth-order valence-corrected chi connectivity index (χ4v) is 2.13. The van der Waals surface area contributed by atoms with E-state index in [4.69, 9.17) is 11.6 Å². The first kappa shape index (κ1) is 8.12. The van der Waals surface area contributed by atoms with Crippen molar-refractivity contribution in [3.8, 4) is 0 Å². The number of benzene rings is 1. The summed E-state index contributed by atoms with van der Waals surface area (Å²) in [6.07, 6.45) is 2.62. The molecule has 0 aliphatic heterocycles. The molecule has 0 heterocycles. The molecule has 12 heavy (non-hydrogen) atoms. The average Bonchev–Trinajstić information content (AvgIpc) is 2.84. The van der Waals surface area contributed by atoms with Crippen molar-refractivity contribution in [3.05, 3.63) is 34.9 Å². The van der Waals surface area contributed by atoms with Gasteiger partial charge in [0.1, 0.15) is 0 Å². The lowest BCUT2D eigenvalue weighted by molar-refractivity contribution is 0.766. The standard InChI is InChI=1S/C11H13Cl/c1-2-8-7-10(8)9-5-3-4-6-11(9)12/h3-6,8,10H,2,7H2,1H3/t8-,10-/m0/s1. The third-order valence-electron chi connectivity index (χ3n) is 2.75. The molecule has 0 nitrogen and oxygen atoms in total. The summed E-state index contributed by atoms with van der Waals surface area (Å²) in [5, 5.41) is 0.943. The Bertz CT molecular complexity index is 280. The summed E-state index contributed by atoms with van der Waals surface area (Å²) in [6, 6.07) is 8.21. The van der Waals surface area contributed by atoms with Crippen molar-refractivity contribution in [2.75, 3.05) is 0 Å². The van der Waals surface area contributed by atoms with Crippen LogP contribution in [0.4, 0.5) is 0 Å². The van der Waals surface area contributed by atoms with Crippen LogP contribution < -0.4 is 0 Å². The first-order chi connectivity index (χ1) is 5.83. The Morgan fingerprint density at radius 2 is 2.17 bits per heavy atom. The highest BCUT2D eigenvalue weighted by Gasteiger charge is 2.37. The summed E-state index contributed by atoms with van der Waals surface area (Å²) in [6.45, 7) is 2.25. The summed E-state index contributed by atoms with van der Waals surface area (Å²) in [5.74, 6) is 1.65. The lowest BCUT2D eigenvalue weighted by Crippen LogP contribution is -1.83. The Morgan fingerprint density at radius 3 is 2.75 bits per heavy atom. The maximum atomic E-state index is 6.08. The smallest absolute Gasteiger partial charge is 0.0440 e. The van der Waals surface area contributed by atoms with E-state index in [0.29, 0.717) is 0 Å². The monoisotopic (exact) mass is 180 g/mol. The quantitative estimate of drug-likeness (QED) is 0.649. The highest BCUT2D eigenvalue weighted by molar-refractivity contribution is 6.31. The van der Waals surface area contributed by atoms with Gasteiger partial charge >= 0.3 is 0 Å². The van der Waals surface area contributed by atoms with E-state index in [1.54, 1.807) is 0 Å². The Hall–Kier alpha value is -0.490. The molecular weight excluding hydrogens is 168 g/mol. The summed E-state index contributed by atoms with van der Waals surface area (Å²) < 4.78 is 0. The van der Waals surface area contributed by atoms with Crippen LogP contribution in [-0.2, 0) is 0 Å². The van der Waals surface area contributed by atoms with E-state index in [2.05, 4.69) is 19.1 Å². The number of halogens is 1. The Morgan fingerprint density at radius 1 is 1.42 bits per heavy atom. The average molecular weight is 181 g/mol. The zero-order chi connectivity index (χ0) is 8.55. The molecule has 2 atom stereocenters. The molecule has 0 saturated heterocycles. The van der Waals surface area contributed by atoms with Gasteiger partial charge in [0.25, 0.3) is 0 Å². The van der Waals surface area contributed by atoms with Crippen molar-refractivity contribution in [2.24, 2.45) is 5.92 Å². The molecule has 0 bridgehead atoms. The Kier molecular flexibility index (Phi) is 2.10. The molecule has 0 aromatic heterocycles. The van der Waals surface area contributed by atoms with Crippen LogP contribution in [0.5, 0.6) is 0 Å². The van der Waals surface area contributed by atoms with Crippen LogP contribution in [0.3, 0.4) is 0 Å². The summed E-state index contributed by atoms with van der Waals surface area (Å²) in [4.78, 5) is 0. The maximum Gasteiger partial charge on any atom is 0.0440 e. The molecule has 1 aromatic carbocycles. The zero-order valence-corrected chi connectivity index (χ0v) is 8.01. The molecular formula is C11H13Cl. The van der Waals surface area contributed by atoms with Crippen molar-refractivity contribution < 1.29 is 0 Å². The van der Waals surface area contributed by atoms with Gasteiger partial charge in [0.05, 0.1) is 0 Å². The molecule has 0 unspecified atom stereocenters. The molecule has 0 amide bonds. The third kappa shape index (κ3) is 1.36. The van der Waals surface area contributed by atoms with Gasteiger partial charge in [-0.3, -0.25) is 0 Å². The fourth-order valence-electron chi connectivity index (χ4n) is 1.86. The second kappa shape index (κ2) is 3.10. The van der Waals surface area contributed by atoms with E-state index in [9.17, 15) is 0 Å². The molecule has 1 fully saturated rings. The van der Waals surface area contributed by atoms with Crippen molar-refractivity contribution >= 4 is 11.6 Å².